The zero-order valence-corrected chi connectivity index (χ0v) is 11.4. The van der Waals surface area contributed by atoms with E-state index in [4.69, 9.17) is 10.5 Å². The highest BCUT2D eigenvalue weighted by Crippen LogP contribution is 2.26. The third kappa shape index (κ3) is 3.70. The number of benzene rings is 1. The van der Waals surface area contributed by atoms with Crippen LogP contribution in [0.4, 0.5) is 5.13 Å². The predicted molar refractivity (Wildman–Crippen MR) is 73.3 cm³/mol. The second-order valence-electron chi connectivity index (χ2n) is 2.39. The van der Waals surface area contributed by atoms with Crippen molar-refractivity contribution < 1.29 is 4.74 Å². The largest absolute Gasteiger partial charge is 0.497 e. The van der Waals surface area contributed by atoms with E-state index in [1.54, 1.807) is 7.11 Å². The monoisotopic (exact) mass is 240 g/mol. The lowest BCUT2D eigenvalue weighted by Gasteiger charge is -1.96. The SMILES string of the molecule is CC.CC.COc1ccc2nc(N)sc2c1. The molecule has 0 spiro atoms. The summed E-state index contributed by atoms with van der Waals surface area (Å²) in [5, 5.41) is 0.596. The van der Waals surface area contributed by atoms with Crippen molar-refractivity contribution in [3.63, 3.8) is 0 Å². The highest BCUT2D eigenvalue weighted by molar-refractivity contribution is 7.22. The minimum atomic E-state index is 0.596. The average molecular weight is 240 g/mol. The molecule has 1 heterocycles. The molecule has 1 aromatic heterocycles. The Bertz CT molecular complexity index is 412. The van der Waals surface area contributed by atoms with E-state index in [1.807, 2.05) is 45.9 Å². The molecule has 0 aliphatic carbocycles. The van der Waals surface area contributed by atoms with E-state index in [2.05, 4.69) is 4.98 Å². The lowest BCUT2D eigenvalue weighted by atomic mass is 10.3. The highest BCUT2D eigenvalue weighted by Gasteiger charge is 2.00. The molecular formula is C12H20N2OS. The molecule has 2 rings (SSSR count). The Morgan fingerprint density at radius 1 is 1.19 bits per heavy atom. The predicted octanol–water partition coefficient (Wildman–Crippen LogP) is 3.94. The van der Waals surface area contributed by atoms with Gasteiger partial charge in [0.1, 0.15) is 5.75 Å². The van der Waals surface area contributed by atoms with E-state index >= 15 is 0 Å². The fraction of sp³-hybridized carbons (Fsp3) is 0.417. The Labute approximate surface area is 101 Å². The molecule has 0 saturated heterocycles. The number of rotatable bonds is 1. The Morgan fingerprint density at radius 3 is 2.38 bits per heavy atom. The smallest absolute Gasteiger partial charge is 0.181 e. The number of nitrogens with two attached hydrogens (primary N) is 1. The molecule has 0 bridgehead atoms. The third-order valence-electron chi connectivity index (χ3n) is 1.61. The van der Waals surface area contributed by atoms with Crippen molar-refractivity contribution in [1.82, 2.24) is 4.98 Å². The van der Waals surface area contributed by atoms with E-state index in [1.165, 1.54) is 11.3 Å². The number of hydrogen-bond donors (Lipinski definition) is 1. The lowest BCUT2D eigenvalue weighted by molar-refractivity contribution is 0.415. The molecule has 0 amide bonds. The van der Waals surface area contributed by atoms with Gasteiger partial charge in [-0.05, 0) is 18.2 Å². The molecule has 0 aliphatic heterocycles. The van der Waals surface area contributed by atoms with Gasteiger partial charge in [0.15, 0.2) is 5.13 Å². The standard InChI is InChI=1S/C8H8N2OS.2C2H6/c1-11-5-2-3-6-7(4-5)12-8(9)10-6;2*1-2/h2-4H,1H3,(H2,9,10);2*1-2H3. The number of nitrogens with zero attached hydrogens (tertiary/aromatic N) is 1. The van der Waals surface area contributed by atoms with Gasteiger partial charge in [-0.1, -0.05) is 39.0 Å². The minimum absolute atomic E-state index is 0.596. The number of fused-ring (bicyclic) bond motifs is 1. The number of hydrogen-bond acceptors (Lipinski definition) is 4. The Kier molecular flexibility index (Phi) is 7.29. The molecule has 16 heavy (non-hydrogen) atoms. The summed E-state index contributed by atoms with van der Waals surface area (Å²) in [6.07, 6.45) is 0. The molecule has 0 atom stereocenters. The zero-order chi connectivity index (χ0) is 12.6. The van der Waals surface area contributed by atoms with Crippen LogP contribution in [0.15, 0.2) is 18.2 Å². The van der Waals surface area contributed by atoms with Gasteiger partial charge >= 0.3 is 0 Å². The molecule has 4 heteroatoms. The van der Waals surface area contributed by atoms with Gasteiger partial charge in [-0.15, -0.1) is 0 Å². The summed E-state index contributed by atoms with van der Waals surface area (Å²) in [5.41, 5.74) is 6.48. The summed E-state index contributed by atoms with van der Waals surface area (Å²) in [7, 11) is 1.64. The van der Waals surface area contributed by atoms with Gasteiger partial charge in [0.25, 0.3) is 0 Å². The number of methoxy groups -OCH3 is 1. The van der Waals surface area contributed by atoms with Crippen molar-refractivity contribution in [3.8, 4) is 5.75 Å². The molecule has 1 aromatic carbocycles. The maximum atomic E-state index is 5.55. The van der Waals surface area contributed by atoms with Crippen molar-refractivity contribution in [2.45, 2.75) is 27.7 Å². The van der Waals surface area contributed by atoms with E-state index in [0.717, 1.165) is 16.0 Å². The molecule has 90 valence electrons. The summed E-state index contributed by atoms with van der Waals surface area (Å²) in [6.45, 7) is 8.00. The number of anilines is 1. The van der Waals surface area contributed by atoms with E-state index in [-0.39, 0.29) is 0 Å². The van der Waals surface area contributed by atoms with Crippen LogP contribution >= 0.6 is 11.3 Å². The minimum Gasteiger partial charge on any atom is -0.497 e. The van der Waals surface area contributed by atoms with Crippen LogP contribution in [0.3, 0.4) is 0 Å². The van der Waals surface area contributed by atoms with Crippen LogP contribution in [0.5, 0.6) is 5.75 Å². The fourth-order valence-corrected chi connectivity index (χ4v) is 1.81. The maximum absolute atomic E-state index is 5.55. The lowest BCUT2D eigenvalue weighted by Crippen LogP contribution is -1.81. The molecule has 0 aliphatic rings. The number of thiazole rings is 1. The first-order chi connectivity index (χ1) is 7.79. The van der Waals surface area contributed by atoms with Gasteiger partial charge in [0, 0.05) is 0 Å². The Hall–Kier alpha value is -1.29. The van der Waals surface area contributed by atoms with Crippen LogP contribution in [-0.4, -0.2) is 12.1 Å². The van der Waals surface area contributed by atoms with Gasteiger partial charge in [0.05, 0.1) is 17.3 Å². The van der Waals surface area contributed by atoms with Crippen molar-refractivity contribution in [1.29, 1.82) is 0 Å². The number of ether oxygens (including phenoxy) is 1. The topological polar surface area (TPSA) is 48.1 Å². The summed E-state index contributed by atoms with van der Waals surface area (Å²) in [4.78, 5) is 4.13. The third-order valence-corrected chi connectivity index (χ3v) is 2.46. The second kappa shape index (κ2) is 7.93. The van der Waals surface area contributed by atoms with Gasteiger partial charge < -0.3 is 10.5 Å². The first-order valence-corrected chi connectivity index (χ1v) is 6.31. The van der Waals surface area contributed by atoms with Crippen molar-refractivity contribution in [3.05, 3.63) is 18.2 Å². The Morgan fingerprint density at radius 2 is 1.81 bits per heavy atom. The molecule has 0 saturated carbocycles. The zero-order valence-electron chi connectivity index (χ0n) is 10.6. The van der Waals surface area contributed by atoms with E-state index in [9.17, 15) is 0 Å². The van der Waals surface area contributed by atoms with E-state index in [0.29, 0.717) is 5.13 Å². The average Bonchev–Trinajstić information content (AvgIpc) is 2.73. The van der Waals surface area contributed by atoms with Crippen molar-refractivity contribution in [2.24, 2.45) is 0 Å². The van der Waals surface area contributed by atoms with Gasteiger partial charge in [-0.2, -0.15) is 0 Å². The van der Waals surface area contributed by atoms with Crippen LogP contribution in [0.2, 0.25) is 0 Å². The van der Waals surface area contributed by atoms with Crippen LogP contribution in [0, 0.1) is 0 Å². The number of aromatic nitrogens is 1. The van der Waals surface area contributed by atoms with Crippen LogP contribution in [-0.2, 0) is 0 Å². The first kappa shape index (κ1) is 14.7. The molecule has 0 fully saturated rings. The van der Waals surface area contributed by atoms with E-state index < -0.39 is 0 Å². The maximum Gasteiger partial charge on any atom is 0.181 e. The molecule has 0 unspecified atom stereocenters. The summed E-state index contributed by atoms with van der Waals surface area (Å²) >= 11 is 1.47. The summed E-state index contributed by atoms with van der Waals surface area (Å²) in [6, 6.07) is 5.71. The summed E-state index contributed by atoms with van der Waals surface area (Å²) < 4.78 is 6.13. The highest BCUT2D eigenvalue weighted by atomic mass is 32.1. The normalized spacial score (nSPS) is 8.56. The molecule has 2 aromatic rings. The van der Waals surface area contributed by atoms with Crippen molar-refractivity contribution >= 4 is 26.7 Å². The van der Waals surface area contributed by atoms with Crippen LogP contribution < -0.4 is 10.5 Å². The van der Waals surface area contributed by atoms with Crippen LogP contribution in [0.25, 0.3) is 10.2 Å². The molecular weight excluding hydrogens is 220 g/mol. The number of nitrogen functional groups attached to an aromatic ring is 1. The van der Waals surface area contributed by atoms with Gasteiger partial charge in [-0.3, -0.25) is 0 Å². The first-order valence-electron chi connectivity index (χ1n) is 5.49. The molecule has 0 radical (unpaired) electrons. The van der Waals surface area contributed by atoms with Gasteiger partial charge in [-0.25, -0.2) is 4.98 Å². The molecule has 3 nitrogen and oxygen atoms in total. The van der Waals surface area contributed by atoms with Gasteiger partial charge in [0.2, 0.25) is 0 Å². The van der Waals surface area contributed by atoms with Crippen LogP contribution in [0.1, 0.15) is 27.7 Å². The Balaban J connectivity index is 0.000000509. The molecule has 2 N–H and O–H groups in total. The quantitative estimate of drug-likeness (QED) is 0.821. The fourth-order valence-electron chi connectivity index (χ4n) is 1.05. The van der Waals surface area contributed by atoms with Crippen molar-refractivity contribution in [2.75, 3.05) is 12.8 Å². The summed E-state index contributed by atoms with van der Waals surface area (Å²) in [5.74, 6) is 0.839. The second-order valence-corrected chi connectivity index (χ2v) is 3.45.